The summed E-state index contributed by atoms with van der Waals surface area (Å²) in [7, 11) is 1.38. The molecule has 0 heterocycles. The molecule has 0 rings (SSSR count). The van der Waals surface area contributed by atoms with Crippen LogP contribution in [0.1, 0.15) is 156 Å². The summed E-state index contributed by atoms with van der Waals surface area (Å²) in [5.74, 6) is -0.282. The van der Waals surface area contributed by atoms with E-state index >= 15 is 0 Å². The summed E-state index contributed by atoms with van der Waals surface area (Å²) in [6.45, 7) is 6.27. The Balaban J connectivity index is 3.41. The SMILES string of the molecule is CCCCCCCCCCCCCCCCCCCCCC(=O)N[C@H](C(=O)OC)[C@@H](C)CC. The molecule has 33 heavy (non-hydrogen) atoms. The Morgan fingerprint density at radius 3 is 1.33 bits per heavy atom. The maximum Gasteiger partial charge on any atom is 0.328 e. The molecule has 0 aliphatic heterocycles. The molecule has 0 saturated carbocycles. The van der Waals surface area contributed by atoms with Gasteiger partial charge < -0.3 is 10.1 Å². The smallest absolute Gasteiger partial charge is 0.328 e. The lowest BCUT2D eigenvalue weighted by Gasteiger charge is -2.21. The first-order chi connectivity index (χ1) is 16.1. The Morgan fingerprint density at radius 1 is 0.636 bits per heavy atom. The Bertz CT molecular complexity index is 452. The average molecular weight is 468 g/mol. The second-order valence-corrected chi connectivity index (χ2v) is 10.1. The van der Waals surface area contributed by atoms with Gasteiger partial charge in [0, 0.05) is 6.42 Å². The number of methoxy groups -OCH3 is 1. The maximum atomic E-state index is 12.2. The molecule has 0 saturated heterocycles. The van der Waals surface area contributed by atoms with Gasteiger partial charge in [0.05, 0.1) is 7.11 Å². The van der Waals surface area contributed by atoms with E-state index in [-0.39, 0.29) is 17.8 Å². The summed E-state index contributed by atoms with van der Waals surface area (Å²) < 4.78 is 4.83. The van der Waals surface area contributed by atoms with Crippen LogP contribution in [0.3, 0.4) is 0 Å². The number of ether oxygens (including phenoxy) is 1. The Kier molecular flexibility index (Phi) is 23.3. The molecule has 0 radical (unpaired) electrons. The topological polar surface area (TPSA) is 55.4 Å². The van der Waals surface area contributed by atoms with Crippen LogP contribution in [0.4, 0.5) is 0 Å². The van der Waals surface area contributed by atoms with Crippen LogP contribution in [0, 0.1) is 5.92 Å². The predicted octanol–water partition coefficient (Wildman–Crippen LogP) is 8.51. The van der Waals surface area contributed by atoms with E-state index in [4.69, 9.17) is 4.74 Å². The molecule has 1 amide bonds. The molecule has 1 N–H and O–H groups in total. The highest BCUT2D eigenvalue weighted by Crippen LogP contribution is 2.15. The van der Waals surface area contributed by atoms with E-state index in [0.717, 1.165) is 19.3 Å². The minimum absolute atomic E-state index is 0.0299. The molecule has 4 nitrogen and oxygen atoms in total. The van der Waals surface area contributed by atoms with Gasteiger partial charge in [-0.15, -0.1) is 0 Å². The lowest BCUT2D eigenvalue weighted by molar-refractivity contribution is -0.146. The third-order valence-corrected chi connectivity index (χ3v) is 6.99. The Morgan fingerprint density at radius 2 is 1.00 bits per heavy atom. The van der Waals surface area contributed by atoms with Crippen molar-refractivity contribution < 1.29 is 14.3 Å². The van der Waals surface area contributed by atoms with Crippen molar-refractivity contribution in [3.63, 3.8) is 0 Å². The van der Waals surface area contributed by atoms with E-state index in [1.807, 2.05) is 13.8 Å². The van der Waals surface area contributed by atoms with Gasteiger partial charge in [0.25, 0.3) is 0 Å². The summed E-state index contributed by atoms with van der Waals surface area (Å²) in [5.41, 5.74) is 0. The first kappa shape index (κ1) is 31.9. The first-order valence-electron chi connectivity index (χ1n) is 14.4. The maximum absolute atomic E-state index is 12.2. The summed E-state index contributed by atoms with van der Waals surface area (Å²) in [6, 6.07) is -0.521. The number of hydrogen-bond donors (Lipinski definition) is 1. The summed E-state index contributed by atoms with van der Waals surface area (Å²) in [5, 5.41) is 2.86. The highest BCUT2D eigenvalue weighted by atomic mass is 16.5. The molecule has 0 aliphatic rings. The van der Waals surface area contributed by atoms with Crippen molar-refractivity contribution in [2.24, 2.45) is 5.92 Å². The fourth-order valence-electron chi connectivity index (χ4n) is 4.41. The Hall–Kier alpha value is -1.06. The molecule has 0 aromatic rings. The van der Waals surface area contributed by atoms with Crippen molar-refractivity contribution in [2.75, 3.05) is 7.11 Å². The highest BCUT2D eigenvalue weighted by Gasteiger charge is 2.26. The van der Waals surface area contributed by atoms with Gasteiger partial charge in [-0.1, -0.05) is 143 Å². The third-order valence-electron chi connectivity index (χ3n) is 6.99. The summed E-state index contributed by atoms with van der Waals surface area (Å²) >= 11 is 0. The minimum Gasteiger partial charge on any atom is -0.467 e. The normalized spacial score (nSPS) is 13.0. The van der Waals surface area contributed by atoms with Crippen LogP contribution in [0.15, 0.2) is 0 Å². The molecule has 0 aliphatic carbocycles. The van der Waals surface area contributed by atoms with Crippen molar-refractivity contribution in [2.45, 2.75) is 162 Å². The standard InChI is InChI=1S/C29H57NO3/c1-5-7-8-9-10-11-12-13-14-15-16-17-18-19-20-21-22-23-24-25-27(31)30-28(26(3)6-2)29(32)33-4/h26,28H,5-25H2,1-4H3,(H,30,31)/t26-,28-/m0/s1. The number of nitrogens with one attached hydrogen (secondary N) is 1. The van der Waals surface area contributed by atoms with Gasteiger partial charge in [-0.05, 0) is 12.3 Å². The van der Waals surface area contributed by atoms with Crippen molar-refractivity contribution in [3.8, 4) is 0 Å². The van der Waals surface area contributed by atoms with Gasteiger partial charge in [-0.3, -0.25) is 4.79 Å². The second kappa shape index (κ2) is 24.1. The first-order valence-corrected chi connectivity index (χ1v) is 14.4. The molecule has 4 heteroatoms. The zero-order valence-electron chi connectivity index (χ0n) is 22.7. The summed E-state index contributed by atoms with van der Waals surface area (Å²) in [4.78, 5) is 24.0. The molecular weight excluding hydrogens is 410 g/mol. The lowest BCUT2D eigenvalue weighted by Crippen LogP contribution is -2.45. The summed E-state index contributed by atoms with van der Waals surface area (Å²) in [6.07, 6.45) is 26.9. The van der Waals surface area contributed by atoms with Crippen LogP contribution in [0.5, 0.6) is 0 Å². The zero-order valence-corrected chi connectivity index (χ0v) is 22.7. The number of unbranched alkanes of at least 4 members (excludes halogenated alkanes) is 18. The van der Waals surface area contributed by atoms with E-state index in [0.29, 0.717) is 6.42 Å². The molecule has 0 fully saturated rings. The third kappa shape index (κ3) is 20.1. The molecule has 196 valence electrons. The number of amides is 1. The predicted molar refractivity (Wildman–Crippen MR) is 141 cm³/mol. The van der Waals surface area contributed by atoms with Crippen molar-refractivity contribution in [1.29, 1.82) is 0 Å². The average Bonchev–Trinajstić information content (AvgIpc) is 2.82. The number of carbonyl (C=O) groups excluding carboxylic acids is 2. The minimum atomic E-state index is -0.521. The van der Waals surface area contributed by atoms with Gasteiger partial charge in [0.1, 0.15) is 6.04 Å². The van der Waals surface area contributed by atoms with Gasteiger partial charge in [-0.2, -0.15) is 0 Å². The van der Waals surface area contributed by atoms with Crippen LogP contribution >= 0.6 is 0 Å². The molecule has 0 unspecified atom stereocenters. The number of esters is 1. The fraction of sp³-hybridized carbons (Fsp3) is 0.931. The van der Waals surface area contributed by atoms with E-state index < -0.39 is 6.04 Å². The van der Waals surface area contributed by atoms with Crippen LogP contribution in [-0.2, 0) is 14.3 Å². The molecule has 0 bridgehead atoms. The van der Waals surface area contributed by atoms with E-state index in [2.05, 4.69) is 12.2 Å². The van der Waals surface area contributed by atoms with Gasteiger partial charge in [0.2, 0.25) is 5.91 Å². The van der Waals surface area contributed by atoms with Crippen LogP contribution in [0.25, 0.3) is 0 Å². The van der Waals surface area contributed by atoms with Crippen molar-refractivity contribution >= 4 is 11.9 Å². The zero-order chi connectivity index (χ0) is 24.6. The number of hydrogen-bond acceptors (Lipinski definition) is 3. The monoisotopic (exact) mass is 467 g/mol. The molecule has 0 aromatic heterocycles. The van der Waals surface area contributed by atoms with E-state index in [9.17, 15) is 9.59 Å². The van der Waals surface area contributed by atoms with E-state index in [1.54, 1.807) is 0 Å². The second-order valence-electron chi connectivity index (χ2n) is 10.1. The van der Waals surface area contributed by atoms with Gasteiger partial charge in [-0.25, -0.2) is 4.79 Å². The Labute approximate surface area is 206 Å². The van der Waals surface area contributed by atoms with Gasteiger partial charge in [0.15, 0.2) is 0 Å². The number of carbonyl (C=O) groups is 2. The molecule has 0 aromatic carbocycles. The molecular formula is C29H57NO3. The van der Waals surface area contributed by atoms with E-state index in [1.165, 1.54) is 116 Å². The molecule has 0 spiro atoms. The van der Waals surface area contributed by atoms with Crippen LogP contribution in [-0.4, -0.2) is 25.0 Å². The quantitative estimate of drug-likeness (QED) is 0.114. The van der Waals surface area contributed by atoms with Crippen molar-refractivity contribution in [1.82, 2.24) is 5.32 Å². The van der Waals surface area contributed by atoms with Crippen LogP contribution in [0.2, 0.25) is 0 Å². The number of rotatable bonds is 24. The highest BCUT2D eigenvalue weighted by molar-refractivity contribution is 5.84. The van der Waals surface area contributed by atoms with Crippen molar-refractivity contribution in [3.05, 3.63) is 0 Å². The van der Waals surface area contributed by atoms with Crippen LogP contribution < -0.4 is 5.32 Å². The fourth-order valence-corrected chi connectivity index (χ4v) is 4.41. The molecule has 2 atom stereocenters. The largest absolute Gasteiger partial charge is 0.467 e. The lowest BCUT2D eigenvalue weighted by atomic mass is 9.99. The van der Waals surface area contributed by atoms with Gasteiger partial charge >= 0.3 is 5.97 Å².